The molecule has 0 amide bonds. The lowest BCUT2D eigenvalue weighted by atomic mass is 9.74. The molecule has 0 heterocycles. The van der Waals surface area contributed by atoms with Crippen LogP contribution in [0.1, 0.15) is 52.9 Å². The molecule has 0 saturated heterocycles. The summed E-state index contributed by atoms with van der Waals surface area (Å²) >= 11 is 0. The van der Waals surface area contributed by atoms with E-state index in [9.17, 15) is 14.4 Å². The normalized spacial score (nSPS) is 22.2. The summed E-state index contributed by atoms with van der Waals surface area (Å²) in [7, 11) is 0. The number of rotatable bonds is 7. The first-order valence-corrected chi connectivity index (χ1v) is 7.91. The largest absolute Gasteiger partial charge is 0.465 e. The Kier molecular flexibility index (Phi) is 7.40. The van der Waals surface area contributed by atoms with Crippen molar-refractivity contribution >= 4 is 17.7 Å². The van der Waals surface area contributed by atoms with E-state index >= 15 is 0 Å². The molecule has 1 fully saturated rings. The van der Waals surface area contributed by atoms with E-state index in [-0.39, 0.29) is 37.3 Å². The summed E-state index contributed by atoms with van der Waals surface area (Å²) in [5, 5.41) is 0. The highest BCUT2D eigenvalue weighted by Gasteiger charge is 2.41. The standard InChI is InChI=1S/C16H26O5/c1-4-7-11-8-9-12(10-13(11)17)14(15(18)20-5-2)16(19)21-6-3/h11-12,14H,4-10H2,1-3H3/t11-,12+/m0/s1. The molecule has 0 bridgehead atoms. The summed E-state index contributed by atoms with van der Waals surface area (Å²) in [6, 6.07) is 0. The Morgan fingerprint density at radius 2 is 1.67 bits per heavy atom. The Morgan fingerprint density at radius 3 is 2.10 bits per heavy atom. The minimum atomic E-state index is -0.962. The van der Waals surface area contributed by atoms with Gasteiger partial charge < -0.3 is 9.47 Å². The lowest BCUT2D eigenvalue weighted by molar-refractivity contribution is -0.165. The summed E-state index contributed by atoms with van der Waals surface area (Å²) in [6.45, 7) is 5.88. The number of esters is 2. The lowest BCUT2D eigenvalue weighted by Crippen LogP contribution is -2.39. The van der Waals surface area contributed by atoms with Gasteiger partial charge in [-0.2, -0.15) is 0 Å². The molecular formula is C16H26O5. The summed E-state index contributed by atoms with van der Waals surface area (Å²) in [6.07, 6.45) is 3.56. The number of carbonyl (C=O) groups is 3. The first-order valence-electron chi connectivity index (χ1n) is 7.91. The molecule has 0 aliphatic heterocycles. The van der Waals surface area contributed by atoms with Crippen molar-refractivity contribution < 1.29 is 23.9 Å². The third-order valence-electron chi connectivity index (χ3n) is 3.99. The highest BCUT2D eigenvalue weighted by Crippen LogP contribution is 2.34. The van der Waals surface area contributed by atoms with E-state index in [1.807, 2.05) is 0 Å². The monoisotopic (exact) mass is 298 g/mol. The van der Waals surface area contributed by atoms with Crippen molar-refractivity contribution in [3.05, 3.63) is 0 Å². The zero-order valence-corrected chi connectivity index (χ0v) is 13.2. The fourth-order valence-electron chi connectivity index (χ4n) is 2.99. The van der Waals surface area contributed by atoms with Crippen LogP contribution in [0.2, 0.25) is 0 Å². The second-order valence-corrected chi connectivity index (χ2v) is 5.48. The van der Waals surface area contributed by atoms with Crippen LogP contribution in [0.4, 0.5) is 0 Å². The van der Waals surface area contributed by atoms with Crippen molar-refractivity contribution in [3.8, 4) is 0 Å². The first-order chi connectivity index (χ1) is 10.0. The van der Waals surface area contributed by atoms with Crippen LogP contribution < -0.4 is 0 Å². The van der Waals surface area contributed by atoms with E-state index in [1.165, 1.54) is 0 Å². The lowest BCUT2D eigenvalue weighted by Gasteiger charge is -2.30. The van der Waals surface area contributed by atoms with E-state index in [0.717, 1.165) is 19.3 Å². The van der Waals surface area contributed by atoms with Crippen molar-refractivity contribution in [2.75, 3.05) is 13.2 Å². The number of hydrogen-bond acceptors (Lipinski definition) is 5. The second-order valence-electron chi connectivity index (χ2n) is 5.48. The van der Waals surface area contributed by atoms with Crippen LogP contribution in [0, 0.1) is 17.8 Å². The van der Waals surface area contributed by atoms with Gasteiger partial charge in [-0.1, -0.05) is 13.3 Å². The van der Waals surface area contributed by atoms with Gasteiger partial charge in [0.25, 0.3) is 0 Å². The molecule has 0 unspecified atom stereocenters. The number of ether oxygens (including phenoxy) is 2. The van der Waals surface area contributed by atoms with Crippen molar-refractivity contribution in [2.24, 2.45) is 17.8 Å². The molecule has 0 N–H and O–H groups in total. The van der Waals surface area contributed by atoms with Gasteiger partial charge in [0, 0.05) is 12.3 Å². The molecule has 1 aliphatic carbocycles. The van der Waals surface area contributed by atoms with Crippen molar-refractivity contribution in [1.29, 1.82) is 0 Å². The summed E-state index contributed by atoms with van der Waals surface area (Å²) < 4.78 is 9.97. The number of ketones is 1. The smallest absolute Gasteiger partial charge is 0.320 e. The molecule has 5 heteroatoms. The third-order valence-corrected chi connectivity index (χ3v) is 3.99. The van der Waals surface area contributed by atoms with Gasteiger partial charge in [0.15, 0.2) is 5.92 Å². The third kappa shape index (κ3) is 4.83. The number of carbonyl (C=O) groups excluding carboxylic acids is 3. The fraction of sp³-hybridized carbons (Fsp3) is 0.812. The average molecular weight is 298 g/mol. The van der Waals surface area contributed by atoms with E-state index in [0.29, 0.717) is 6.42 Å². The Balaban J connectivity index is 2.78. The Morgan fingerprint density at radius 1 is 1.10 bits per heavy atom. The van der Waals surface area contributed by atoms with Crippen LogP contribution in [0.3, 0.4) is 0 Å². The maximum absolute atomic E-state index is 12.2. The molecule has 2 atom stereocenters. The molecule has 120 valence electrons. The zero-order valence-electron chi connectivity index (χ0n) is 13.2. The summed E-state index contributed by atoms with van der Waals surface area (Å²) in [5.74, 6) is -2.14. The zero-order chi connectivity index (χ0) is 15.8. The Labute approximate surface area is 126 Å². The second kappa shape index (κ2) is 8.80. The molecule has 5 nitrogen and oxygen atoms in total. The number of hydrogen-bond donors (Lipinski definition) is 0. The van der Waals surface area contributed by atoms with E-state index in [1.54, 1.807) is 13.8 Å². The van der Waals surface area contributed by atoms with Gasteiger partial charge in [0.2, 0.25) is 0 Å². The maximum atomic E-state index is 12.2. The first kappa shape index (κ1) is 17.7. The van der Waals surface area contributed by atoms with Crippen LogP contribution >= 0.6 is 0 Å². The van der Waals surface area contributed by atoms with E-state index < -0.39 is 17.9 Å². The molecular weight excluding hydrogens is 272 g/mol. The van der Waals surface area contributed by atoms with E-state index in [4.69, 9.17) is 9.47 Å². The predicted octanol–water partition coefficient (Wildman–Crippen LogP) is 2.51. The molecule has 1 saturated carbocycles. The molecule has 0 aromatic heterocycles. The molecule has 0 spiro atoms. The van der Waals surface area contributed by atoms with Crippen LogP contribution in [-0.2, 0) is 23.9 Å². The van der Waals surface area contributed by atoms with Crippen molar-refractivity contribution in [1.82, 2.24) is 0 Å². The quantitative estimate of drug-likeness (QED) is 0.533. The maximum Gasteiger partial charge on any atom is 0.320 e. The van der Waals surface area contributed by atoms with E-state index in [2.05, 4.69) is 6.92 Å². The fourth-order valence-corrected chi connectivity index (χ4v) is 2.99. The minimum absolute atomic E-state index is 0.0799. The number of Topliss-reactive ketones (excluding diaryl/α,β-unsaturated/α-hetero) is 1. The highest BCUT2D eigenvalue weighted by atomic mass is 16.6. The summed E-state index contributed by atoms with van der Waals surface area (Å²) in [4.78, 5) is 36.2. The molecule has 0 aromatic rings. The molecule has 0 radical (unpaired) electrons. The van der Waals surface area contributed by atoms with Gasteiger partial charge in [-0.3, -0.25) is 14.4 Å². The average Bonchev–Trinajstić information content (AvgIpc) is 2.43. The summed E-state index contributed by atoms with van der Waals surface area (Å²) in [5.41, 5.74) is 0. The molecule has 1 aliphatic rings. The van der Waals surface area contributed by atoms with Crippen molar-refractivity contribution in [3.63, 3.8) is 0 Å². The minimum Gasteiger partial charge on any atom is -0.465 e. The van der Waals surface area contributed by atoms with Crippen molar-refractivity contribution in [2.45, 2.75) is 52.9 Å². The van der Waals surface area contributed by atoms with Gasteiger partial charge in [0.1, 0.15) is 5.78 Å². The predicted molar refractivity (Wildman–Crippen MR) is 77.5 cm³/mol. The van der Waals surface area contributed by atoms with Gasteiger partial charge >= 0.3 is 11.9 Å². The Bertz CT molecular complexity index is 359. The van der Waals surface area contributed by atoms with Crippen LogP contribution in [0.5, 0.6) is 0 Å². The van der Waals surface area contributed by atoms with Gasteiger partial charge in [-0.05, 0) is 39.0 Å². The highest BCUT2D eigenvalue weighted by molar-refractivity contribution is 5.96. The molecule has 21 heavy (non-hydrogen) atoms. The Hall–Kier alpha value is -1.39. The van der Waals surface area contributed by atoms with Gasteiger partial charge in [-0.15, -0.1) is 0 Å². The van der Waals surface area contributed by atoms with Crippen LogP contribution in [0.25, 0.3) is 0 Å². The SMILES string of the molecule is CCC[C@H]1CC[C@@H](C(C(=O)OCC)C(=O)OCC)CC1=O. The van der Waals surface area contributed by atoms with Crippen LogP contribution in [0.15, 0.2) is 0 Å². The van der Waals surface area contributed by atoms with Gasteiger partial charge in [-0.25, -0.2) is 0 Å². The topological polar surface area (TPSA) is 69.7 Å². The molecule has 1 rings (SSSR count). The van der Waals surface area contributed by atoms with Crippen LogP contribution in [-0.4, -0.2) is 30.9 Å². The van der Waals surface area contributed by atoms with Gasteiger partial charge in [0.05, 0.1) is 13.2 Å². The molecule has 0 aromatic carbocycles.